The van der Waals surface area contributed by atoms with Crippen LogP contribution in [-0.4, -0.2) is 58.5 Å². The van der Waals surface area contributed by atoms with E-state index in [1.165, 1.54) is 0 Å². The molecule has 8 nitrogen and oxygen atoms in total. The molecule has 0 aliphatic carbocycles. The molecule has 8 heteroatoms. The van der Waals surface area contributed by atoms with Crippen LogP contribution in [0.2, 0.25) is 0 Å². The predicted octanol–water partition coefficient (Wildman–Crippen LogP) is 3.37. The first kappa shape index (κ1) is 22.3. The molecule has 0 aromatic carbocycles. The second-order valence-corrected chi connectivity index (χ2v) is 9.61. The Kier molecular flexibility index (Phi) is 6.21. The number of fused-ring (bicyclic) bond motifs is 2. The minimum absolute atomic E-state index is 0.201. The Balaban J connectivity index is 2.22. The van der Waals surface area contributed by atoms with E-state index in [9.17, 15) is 14.4 Å². The van der Waals surface area contributed by atoms with E-state index >= 15 is 0 Å². The van der Waals surface area contributed by atoms with Gasteiger partial charge in [0.1, 0.15) is 16.7 Å². The molecule has 2 rings (SSSR count). The van der Waals surface area contributed by atoms with Gasteiger partial charge in [-0.2, -0.15) is 0 Å². The van der Waals surface area contributed by atoms with Crippen molar-refractivity contribution in [1.29, 1.82) is 0 Å². The molecular formula is C20H34N2O6. The molecule has 2 fully saturated rings. The third-order valence-electron chi connectivity index (χ3n) is 4.80. The normalized spacial score (nSPS) is 27.2. The number of ether oxygens (including phenoxy) is 3. The molecule has 0 aromatic heterocycles. The van der Waals surface area contributed by atoms with Crippen LogP contribution in [0.5, 0.6) is 0 Å². The molecule has 28 heavy (non-hydrogen) atoms. The zero-order valence-corrected chi connectivity index (χ0v) is 18.1. The van der Waals surface area contributed by atoms with Crippen LogP contribution >= 0.6 is 0 Å². The average molecular weight is 399 g/mol. The highest BCUT2D eigenvalue weighted by Gasteiger charge is 2.56. The fraction of sp³-hybridized carbons (Fsp3) is 0.850. The first-order valence-electron chi connectivity index (χ1n) is 9.96. The molecule has 2 aliphatic heterocycles. The first-order valence-corrected chi connectivity index (χ1v) is 9.96. The van der Waals surface area contributed by atoms with Crippen LogP contribution in [-0.2, 0) is 19.0 Å². The second-order valence-electron chi connectivity index (χ2n) is 9.61. The zero-order chi connectivity index (χ0) is 21.3. The van der Waals surface area contributed by atoms with Crippen LogP contribution in [0.4, 0.5) is 9.59 Å². The van der Waals surface area contributed by atoms with E-state index in [0.29, 0.717) is 0 Å². The first-order chi connectivity index (χ1) is 12.8. The lowest BCUT2D eigenvalue weighted by Gasteiger charge is -2.45. The Morgan fingerprint density at radius 1 is 0.964 bits per heavy atom. The molecule has 160 valence electrons. The van der Waals surface area contributed by atoms with E-state index in [2.05, 4.69) is 5.32 Å². The summed E-state index contributed by atoms with van der Waals surface area (Å²) in [6.07, 6.45) is 1.02. The number of nitrogens with zero attached hydrogens (tertiary/aromatic N) is 1. The molecule has 0 radical (unpaired) electrons. The molecule has 2 bridgehead atoms. The number of carbonyl (C=O) groups is 3. The van der Waals surface area contributed by atoms with Gasteiger partial charge in [-0.05, 0) is 61.3 Å². The largest absolute Gasteiger partial charge is 0.464 e. The van der Waals surface area contributed by atoms with Crippen molar-refractivity contribution in [2.75, 3.05) is 6.61 Å². The smallest absolute Gasteiger partial charge is 0.410 e. The van der Waals surface area contributed by atoms with Gasteiger partial charge < -0.3 is 24.4 Å². The molecule has 2 unspecified atom stereocenters. The van der Waals surface area contributed by atoms with Crippen LogP contribution in [0.15, 0.2) is 0 Å². The lowest BCUT2D eigenvalue weighted by atomic mass is 9.83. The van der Waals surface area contributed by atoms with Gasteiger partial charge in [0, 0.05) is 24.9 Å². The van der Waals surface area contributed by atoms with Gasteiger partial charge in [-0.3, -0.25) is 0 Å². The van der Waals surface area contributed by atoms with Gasteiger partial charge in [-0.15, -0.1) is 0 Å². The van der Waals surface area contributed by atoms with Crippen LogP contribution in [0.1, 0.15) is 74.1 Å². The van der Waals surface area contributed by atoms with Gasteiger partial charge in [-0.1, -0.05) is 0 Å². The highest BCUT2D eigenvalue weighted by atomic mass is 16.6. The van der Waals surface area contributed by atoms with Crippen molar-refractivity contribution in [2.24, 2.45) is 0 Å². The Morgan fingerprint density at radius 2 is 1.46 bits per heavy atom. The molecule has 2 atom stereocenters. The van der Waals surface area contributed by atoms with Crippen LogP contribution in [0.25, 0.3) is 0 Å². The SMILES string of the molecule is CCOC(=O)C1(NC(=O)OC(C)(C)C)CC2CCC(C1)N2C(=O)OC(C)(C)C. The number of hydrogen-bond acceptors (Lipinski definition) is 6. The van der Waals surface area contributed by atoms with Crippen LogP contribution < -0.4 is 5.32 Å². The Labute approximate surface area is 167 Å². The molecular weight excluding hydrogens is 364 g/mol. The number of carbonyl (C=O) groups excluding carboxylic acids is 3. The third-order valence-corrected chi connectivity index (χ3v) is 4.80. The summed E-state index contributed by atoms with van der Waals surface area (Å²) in [6, 6.07) is -0.402. The summed E-state index contributed by atoms with van der Waals surface area (Å²) in [7, 11) is 0. The maximum absolute atomic E-state index is 12.8. The summed E-state index contributed by atoms with van der Waals surface area (Å²) in [5.74, 6) is -0.485. The van der Waals surface area contributed by atoms with E-state index in [-0.39, 0.29) is 37.6 Å². The highest BCUT2D eigenvalue weighted by Crippen LogP contribution is 2.42. The molecule has 2 heterocycles. The van der Waals surface area contributed by atoms with Crippen LogP contribution in [0.3, 0.4) is 0 Å². The fourth-order valence-electron chi connectivity index (χ4n) is 3.95. The number of rotatable bonds is 3. The predicted molar refractivity (Wildman–Crippen MR) is 103 cm³/mol. The lowest BCUT2D eigenvalue weighted by molar-refractivity contribution is -0.154. The zero-order valence-electron chi connectivity index (χ0n) is 18.1. The molecule has 0 saturated carbocycles. The van der Waals surface area contributed by atoms with Gasteiger partial charge >= 0.3 is 18.2 Å². The number of alkyl carbamates (subject to hydrolysis) is 1. The lowest BCUT2D eigenvalue weighted by Crippen LogP contribution is -2.65. The maximum atomic E-state index is 12.8. The summed E-state index contributed by atoms with van der Waals surface area (Å²) in [5.41, 5.74) is -2.49. The Morgan fingerprint density at radius 3 is 1.89 bits per heavy atom. The molecule has 1 N–H and O–H groups in total. The highest BCUT2D eigenvalue weighted by molar-refractivity contribution is 5.87. The van der Waals surface area contributed by atoms with E-state index in [4.69, 9.17) is 14.2 Å². The Hall–Kier alpha value is -1.99. The van der Waals surface area contributed by atoms with Crippen molar-refractivity contribution in [2.45, 2.75) is 103 Å². The topological polar surface area (TPSA) is 94.2 Å². The van der Waals surface area contributed by atoms with Crippen molar-refractivity contribution in [3.05, 3.63) is 0 Å². The quantitative estimate of drug-likeness (QED) is 0.579. The van der Waals surface area contributed by atoms with Crippen molar-refractivity contribution in [3.63, 3.8) is 0 Å². The Bertz CT molecular complexity index is 605. The van der Waals surface area contributed by atoms with Gasteiger partial charge in [0.15, 0.2) is 0 Å². The molecule has 2 aliphatic rings. The summed E-state index contributed by atoms with van der Waals surface area (Å²) in [4.78, 5) is 39.6. The molecule has 0 spiro atoms. The van der Waals surface area contributed by atoms with E-state index in [0.717, 1.165) is 12.8 Å². The van der Waals surface area contributed by atoms with Crippen LogP contribution in [0, 0.1) is 0 Å². The number of amides is 2. The van der Waals surface area contributed by atoms with Gasteiger partial charge in [-0.25, -0.2) is 14.4 Å². The molecule has 0 aromatic rings. The fourth-order valence-corrected chi connectivity index (χ4v) is 3.95. The second kappa shape index (κ2) is 7.79. The number of nitrogens with one attached hydrogen (secondary N) is 1. The van der Waals surface area contributed by atoms with Gasteiger partial charge in [0.05, 0.1) is 6.61 Å². The standard InChI is InChI=1S/C20H34N2O6/c1-8-26-15(23)20(21-16(24)27-18(2,3)4)11-13-9-10-14(12-20)22(13)17(25)28-19(5,6)7/h13-14H,8-12H2,1-7H3,(H,21,24). The minimum atomic E-state index is -1.21. The number of esters is 1. The van der Waals surface area contributed by atoms with Gasteiger partial charge in [0.2, 0.25) is 0 Å². The van der Waals surface area contributed by atoms with Crippen molar-refractivity contribution >= 4 is 18.2 Å². The van der Waals surface area contributed by atoms with Crippen molar-refractivity contribution in [3.8, 4) is 0 Å². The number of hydrogen-bond donors (Lipinski definition) is 1. The monoisotopic (exact) mass is 398 g/mol. The third kappa shape index (κ3) is 5.29. The average Bonchev–Trinajstić information content (AvgIpc) is 2.76. The maximum Gasteiger partial charge on any atom is 0.410 e. The van der Waals surface area contributed by atoms with Crippen molar-refractivity contribution < 1.29 is 28.6 Å². The van der Waals surface area contributed by atoms with Gasteiger partial charge in [0.25, 0.3) is 0 Å². The molecule has 2 saturated heterocycles. The van der Waals surface area contributed by atoms with E-state index in [1.807, 2.05) is 20.8 Å². The summed E-state index contributed by atoms with van der Waals surface area (Å²) < 4.78 is 16.2. The van der Waals surface area contributed by atoms with Crippen molar-refractivity contribution in [1.82, 2.24) is 10.2 Å². The molecule has 2 amide bonds. The minimum Gasteiger partial charge on any atom is -0.464 e. The van der Waals surface area contributed by atoms with E-state index in [1.54, 1.807) is 32.6 Å². The van der Waals surface area contributed by atoms with E-state index < -0.39 is 28.8 Å². The summed E-state index contributed by atoms with van der Waals surface area (Å²) in [5, 5.41) is 2.77. The summed E-state index contributed by atoms with van der Waals surface area (Å²) >= 11 is 0. The summed E-state index contributed by atoms with van der Waals surface area (Å²) in [6.45, 7) is 12.7. The number of piperidine rings is 1.